The Morgan fingerprint density at radius 1 is 1.20 bits per heavy atom. The summed E-state index contributed by atoms with van der Waals surface area (Å²) >= 11 is 0. The van der Waals surface area contributed by atoms with E-state index in [9.17, 15) is 19.8 Å². The minimum absolute atomic E-state index is 0.0456. The third kappa shape index (κ3) is 2.87. The van der Waals surface area contributed by atoms with Gasteiger partial charge in [0.2, 0.25) is 0 Å². The van der Waals surface area contributed by atoms with Gasteiger partial charge in [-0.3, -0.25) is 9.59 Å². The Morgan fingerprint density at radius 2 is 1.98 bits per heavy atom. The van der Waals surface area contributed by atoms with Crippen LogP contribution in [0.5, 0.6) is 0 Å². The summed E-state index contributed by atoms with van der Waals surface area (Å²) < 4.78 is 48.3. The first-order chi connectivity index (χ1) is 18.9. The van der Waals surface area contributed by atoms with Crippen molar-refractivity contribution < 1.29 is 38.1 Å². The summed E-state index contributed by atoms with van der Waals surface area (Å²) in [5, 5.41) is 22.7. The maximum absolute atomic E-state index is 17.5. The number of aliphatic hydroxyl groups is 2. The number of Topliss-reactive ketones (excluding diaryl/α,β-unsaturated/α-hetero) is 1. The predicted octanol–water partition coefficient (Wildman–Crippen LogP) is 3.82. The van der Waals surface area contributed by atoms with Gasteiger partial charge in [-0.2, -0.15) is 0 Å². The average Bonchev–Trinajstić information content (AvgIpc) is 3.57. The number of aliphatic hydroxyl groups excluding tert-OH is 2. The molecule has 2 unspecified atom stereocenters. The highest BCUT2D eigenvalue weighted by Crippen LogP contribution is 2.72. The second kappa shape index (κ2) is 8.18. The van der Waals surface area contributed by atoms with E-state index in [2.05, 4.69) is 0 Å². The minimum atomic E-state index is -2.28. The molecule has 2 heterocycles. The van der Waals surface area contributed by atoms with Crippen molar-refractivity contribution in [3.8, 4) is 0 Å². The summed E-state index contributed by atoms with van der Waals surface area (Å²) in [4.78, 5) is 25.8. The molecular formula is C31H33F2NO6. The number of nitrogens with zero attached hydrogens (tertiary/aromatic N) is 1. The third-order valence-corrected chi connectivity index (χ3v) is 11.1. The summed E-state index contributed by atoms with van der Waals surface area (Å²) in [6.07, 6.45) is 0.606. The molecule has 1 aromatic carbocycles. The van der Waals surface area contributed by atoms with Crippen LogP contribution in [0, 0.1) is 22.7 Å². The largest absolute Gasteiger partial charge is 0.390 e. The number of carbonyl (C=O) groups is 2. The van der Waals surface area contributed by atoms with Gasteiger partial charge in [0.25, 0.3) is 0 Å². The van der Waals surface area contributed by atoms with Crippen molar-refractivity contribution in [2.45, 2.75) is 69.0 Å². The highest BCUT2D eigenvalue weighted by atomic mass is 19.1. The van der Waals surface area contributed by atoms with E-state index >= 15 is 8.78 Å². The van der Waals surface area contributed by atoms with E-state index in [0.29, 0.717) is 0 Å². The monoisotopic (exact) mass is 553 g/mol. The third-order valence-electron chi connectivity index (χ3n) is 11.1. The fourth-order valence-corrected chi connectivity index (χ4v) is 9.24. The second-order valence-corrected chi connectivity index (χ2v) is 12.7. The first kappa shape index (κ1) is 26.2. The Kier molecular flexibility index (Phi) is 5.36. The van der Waals surface area contributed by atoms with Crippen LogP contribution in [-0.2, 0) is 26.1 Å². The van der Waals surface area contributed by atoms with E-state index < -0.39 is 76.8 Å². The van der Waals surface area contributed by atoms with Crippen molar-refractivity contribution >= 4 is 22.5 Å². The van der Waals surface area contributed by atoms with Gasteiger partial charge < -0.3 is 24.3 Å². The molecule has 4 aliphatic carbocycles. The number of halogens is 2. The number of alkyl halides is 2. The molecule has 10 atom stereocenters. The molecule has 4 fully saturated rings. The van der Waals surface area contributed by atoms with Crippen LogP contribution in [0.2, 0.25) is 0 Å². The summed E-state index contributed by atoms with van der Waals surface area (Å²) in [5.41, 5.74) is -4.88. The molecule has 7 nitrogen and oxygen atoms in total. The lowest BCUT2D eigenvalue weighted by Crippen LogP contribution is -2.70. The molecule has 3 saturated carbocycles. The maximum Gasteiger partial charge on any atom is 0.193 e. The zero-order valence-corrected chi connectivity index (χ0v) is 22.6. The van der Waals surface area contributed by atoms with Gasteiger partial charge in [-0.05, 0) is 62.0 Å². The predicted molar refractivity (Wildman–Crippen MR) is 140 cm³/mol. The number of fused-ring (bicyclic) bond motifs is 8. The first-order valence-electron chi connectivity index (χ1n) is 13.9. The van der Waals surface area contributed by atoms with Crippen LogP contribution < -0.4 is 0 Å². The molecule has 5 aliphatic rings. The molecule has 1 aliphatic heterocycles. The molecular weight excluding hydrogens is 520 g/mol. The van der Waals surface area contributed by atoms with Gasteiger partial charge in [0.15, 0.2) is 29.1 Å². The molecule has 0 radical (unpaired) electrons. The van der Waals surface area contributed by atoms with Crippen molar-refractivity contribution in [2.75, 3.05) is 6.61 Å². The zero-order valence-electron chi connectivity index (χ0n) is 22.6. The van der Waals surface area contributed by atoms with Crippen molar-refractivity contribution in [3.63, 3.8) is 0 Å². The normalized spacial score (nSPS) is 45.6. The fourth-order valence-electron chi connectivity index (χ4n) is 9.24. The van der Waals surface area contributed by atoms with Crippen LogP contribution in [0.25, 0.3) is 10.9 Å². The molecule has 2 aromatic rings. The van der Waals surface area contributed by atoms with Gasteiger partial charge >= 0.3 is 0 Å². The van der Waals surface area contributed by atoms with E-state index in [4.69, 9.17) is 9.47 Å². The quantitative estimate of drug-likeness (QED) is 0.600. The smallest absolute Gasteiger partial charge is 0.193 e. The number of carbonyl (C=O) groups excluding carboxylic acids is 2. The Hall–Kier alpha value is -2.72. The molecule has 40 heavy (non-hydrogen) atoms. The van der Waals surface area contributed by atoms with Crippen molar-refractivity contribution in [1.82, 2.24) is 4.57 Å². The maximum atomic E-state index is 17.5. The Labute approximate surface area is 230 Å². The molecule has 9 heteroatoms. The Bertz CT molecular complexity index is 1520. The van der Waals surface area contributed by atoms with Crippen molar-refractivity contribution in [3.05, 3.63) is 59.8 Å². The van der Waals surface area contributed by atoms with Gasteiger partial charge in [-0.15, -0.1) is 0 Å². The SMILES string of the molecule is Cn1ccc2c([C@@H]3O[C@@H]4CC5C6C[C@H](F)C7=CC(=O)C=C[C@]7(C)[C@@]6(F)[C@@H](O)C[C@]5(C)[C@]4(C(=O)CO)O3)cccc21. The lowest BCUT2D eigenvalue weighted by atomic mass is 9.44. The van der Waals surface area contributed by atoms with Gasteiger partial charge in [-0.25, -0.2) is 8.78 Å². The fraction of sp³-hybridized carbons (Fsp3) is 0.548. The molecule has 2 N–H and O–H groups in total. The van der Waals surface area contributed by atoms with E-state index in [1.54, 1.807) is 13.8 Å². The summed E-state index contributed by atoms with van der Waals surface area (Å²) in [5.74, 6) is -2.56. The minimum Gasteiger partial charge on any atom is -0.390 e. The molecule has 212 valence electrons. The standard InChI is InChI=1S/C31H33F2NO6/c1-28-9-7-16(36)11-21(28)22(32)12-20-19-13-26-31(25(38)15-35,29(19,2)14-24(37)30(20,28)33)40-27(39-26)18-5-4-6-23-17(18)8-10-34(23)3/h4-11,19-20,22,24,26-27,35,37H,12-15H2,1-3H3/t19?,20?,22-,24-,26+,27+,28-,29-,30-,31+/m0/s1. The van der Waals surface area contributed by atoms with Crippen LogP contribution >= 0.6 is 0 Å². The summed E-state index contributed by atoms with van der Waals surface area (Å²) in [6, 6.07) is 7.65. The topological polar surface area (TPSA) is 98.0 Å². The molecule has 1 saturated heterocycles. The highest BCUT2D eigenvalue weighted by Gasteiger charge is 2.80. The lowest BCUT2D eigenvalue weighted by Gasteiger charge is -2.63. The van der Waals surface area contributed by atoms with Crippen LogP contribution in [0.4, 0.5) is 8.78 Å². The molecule has 1 aromatic heterocycles. The van der Waals surface area contributed by atoms with Crippen molar-refractivity contribution in [2.24, 2.45) is 29.7 Å². The molecule has 0 spiro atoms. The molecule has 7 rings (SSSR count). The Balaban J connectivity index is 1.33. The van der Waals surface area contributed by atoms with Gasteiger partial charge in [0.05, 0.1) is 12.2 Å². The number of aryl methyl sites for hydroxylation is 1. The van der Waals surface area contributed by atoms with Crippen LogP contribution in [0.15, 0.2) is 54.3 Å². The number of hydrogen-bond donors (Lipinski definition) is 2. The summed E-state index contributed by atoms with van der Waals surface area (Å²) in [6.45, 7) is 2.51. The second-order valence-electron chi connectivity index (χ2n) is 12.7. The van der Waals surface area contributed by atoms with Crippen LogP contribution in [-0.4, -0.2) is 62.6 Å². The number of aromatic nitrogens is 1. The number of allylic oxidation sites excluding steroid dienone is 4. The Morgan fingerprint density at radius 3 is 2.73 bits per heavy atom. The van der Waals surface area contributed by atoms with Crippen LogP contribution in [0.3, 0.4) is 0 Å². The first-order valence-corrected chi connectivity index (χ1v) is 13.9. The number of rotatable bonds is 3. The number of ketones is 2. The van der Waals surface area contributed by atoms with E-state index in [-0.39, 0.29) is 24.8 Å². The molecule has 0 amide bonds. The number of benzene rings is 1. The average molecular weight is 554 g/mol. The highest BCUT2D eigenvalue weighted by molar-refractivity contribution is 6.01. The number of ether oxygens (including phenoxy) is 2. The summed E-state index contributed by atoms with van der Waals surface area (Å²) in [7, 11) is 1.92. The van der Waals surface area contributed by atoms with Crippen LogP contribution in [0.1, 0.15) is 45.0 Å². The van der Waals surface area contributed by atoms with Gasteiger partial charge in [0.1, 0.15) is 12.8 Å². The van der Waals surface area contributed by atoms with Gasteiger partial charge in [0, 0.05) is 46.5 Å². The van der Waals surface area contributed by atoms with E-state index in [1.807, 2.05) is 42.1 Å². The van der Waals surface area contributed by atoms with Crippen molar-refractivity contribution in [1.29, 1.82) is 0 Å². The molecule has 0 bridgehead atoms. The van der Waals surface area contributed by atoms with E-state index in [0.717, 1.165) is 22.5 Å². The number of hydrogen-bond acceptors (Lipinski definition) is 6. The van der Waals surface area contributed by atoms with E-state index in [1.165, 1.54) is 12.2 Å². The zero-order chi connectivity index (χ0) is 28.4. The lowest BCUT2D eigenvalue weighted by molar-refractivity contribution is -0.235. The van der Waals surface area contributed by atoms with Gasteiger partial charge in [-0.1, -0.05) is 25.1 Å².